The Morgan fingerprint density at radius 1 is 1.24 bits per heavy atom. The number of hydrogen-bond donors (Lipinski definition) is 1. The molecule has 1 N–H and O–H groups in total. The van der Waals surface area contributed by atoms with Crippen LogP contribution in [0.2, 0.25) is 5.02 Å². The molecule has 112 valence electrons. The summed E-state index contributed by atoms with van der Waals surface area (Å²) in [5, 5.41) is 3.92. The van der Waals surface area contributed by atoms with Gasteiger partial charge in [0, 0.05) is 31.2 Å². The van der Waals surface area contributed by atoms with E-state index in [0.29, 0.717) is 12.5 Å². The number of aromatic nitrogens is 2. The van der Waals surface area contributed by atoms with Gasteiger partial charge in [0.25, 0.3) is 0 Å². The largest absolute Gasteiger partial charge is 0.373 e. The highest BCUT2D eigenvalue weighted by Gasteiger charge is 2.17. The Kier molecular flexibility index (Phi) is 5.02. The smallest absolute Gasteiger partial charge is 0.137 e. The van der Waals surface area contributed by atoms with Gasteiger partial charge in [-0.05, 0) is 17.5 Å². The third-order valence-corrected chi connectivity index (χ3v) is 3.77. The molecule has 0 radical (unpaired) electrons. The molecule has 0 aliphatic heterocycles. The van der Waals surface area contributed by atoms with E-state index >= 15 is 0 Å². The van der Waals surface area contributed by atoms with E-state index in [-0.39, 0.29) is 0 Å². The minimum absolute atomic E-state index is 0.331. The Labute approximate surface area is 131 Å². The summed E-state index contributed by atoms with van der Waals surface area (Å²) < 4.78 is 0. The van der Waals surface area contributed by atoms with E-state index in [1.165, 1.54) is 0 Å². The fourth-order valence-corrected chi connectivity index (χ4v) is 2.57. The second-order valence-electron chi connectivity index (χ2n) is 5.31. The summed E-state index contributed by atoms with van der Waals surface area (Å²) >= 11 is 6.24. The zero-order chi connectivity index (χ0) is 15.4. The predicted octanol–water partition coefficient (Wildman–Crippen LogP) is 3.93. The van der Waals surface area contributed by atoms with Crippen LogP contribution in [-0.2, 0) is 6.54 Å². The molecule has 0 bridgehead atoms. The number of nitrogens with zero attached hydrogens (tertiary/aromatic N) is 3. The van der Waals surface area contributed by atoms with Gasteiger partial charge >= 0.3 is 0 Å². The molecule has 21 heavy (non-hydrogen) atoms. The van der Waals surface area contributed by atoms with Crippen LogP contribution in [0.3, 0.4) is 0 Å². The van der Waals surface area contributed by atoms with Crippen molar-refractivity contribution in [1.82, 2.24) is 9.97 Å². The molecule has 0 aliphatic rings. The number of anilines is 2. The molecule has 4 nitrogen and oxygen atoms in total. The van der Waals surface area contributed by atoms with Crippen molar-refractivity contribution in [2.75, 3.05) is 24.3 Å². The Hall–Kier alpha value is -1.81. The first-order valence-corrected chi connectivity index (χ1v) is 7.39. The van der Waals surface area contributed by atoms with Crippen molar-refractivity contribution < 1.29 is 0 Å². The molecular formula is C16H21ClN4. The molecule has 0 aliphatic carbocycles. The van der Waals surface area contributed by atoms with Gasteiger partial charge in [-0.2, -0.15) is 0 Å². The summed E-state index contributed by atoms with van der Waals surface area (Å²) in [5.74, 6) is 2.14. The molecule has 0 atom stereocenters. The Balaban J connectivity index is 2.35. The summed E-state index contributed by atoms with van der Waals surface area (Å²) in [6, 6.07) is 7.88. The van der Waals surface area contributed by atoms with Crippen molar-refractivity contribution in [1.29, 1.82) is 0 Å². The summed E-state index contributed by atoms with van der Waals surface area (Å²) in [4.78, 5) is 10.9. The van der Waals surface area contributed by atoms with Gasteiger partial charge in [-0.15, -0.1) is 0 Å². The maximum atomic E-state index is 6.24. The monoisotopic (exact) mass is 304 g/mol. The molecule has 1 aromatic carbocycles. The highest BCUT2D eigenvalue weighted by Crippen LogP contribution is 2.31. The Morgan fingerprint density at radius 2 is 1.95 bits per heavy atom. The third kappa shape index (κ3) is 3.45. The Morgan fingerprint density at radius 3 is 2.57 bits per heavy atom. The lowest BCUT2D eigenvalue weighted by Gasteiger charge is -2.24. The fourth-order valence-electron chi connectivity index (χ4n) is 2.38. The lowest BCUT2D eigenvalue weighted by molar-refractivity contribution is 0.810. The molecule has 0 saturated heterocycles. The average molecular weight is 305 g/mol. The number of nitrogens with one attached hydrogen (secondary N) is 1. The number of benzene rings is 1. The first kappa shape index (κ1) is 15.6. The van der Waals surface area contributed by atoms with Gasteiger partial charge in [0.05, 0.1) is 0 Å². The van der Waals surface area contributed by atoms with Gasteiger partial charge in [-0.25, -0.2) is 9.97 Å². The molecule has 0 fully saturated rings. The van der Waals surface area contributed by atoms with E-state index in [1.807, 2.05) is 38.4 Å². The van der Waals surface area contributed by atoms with Gasteiger partial charge in [0.15, 0.2) is 0 Å². The van der Waals surface area contributed by atoms with E-state index in [1.54, 1.807) is 6.33 Å². The van der Waals surface area contributed by atoms with Crippen LogP contribution < -0.4 is 10.2 Å². The minimum atomic E-state index is 0.331. The van der Waals surface area contributed by atoms with Gasteiger partial charge in [-0.1, -0.05) is 43.6 Å². The lowest BCUT2D eigenvalue weighted by atomic mass is 10.0. The molecule has 0 amide bonds. The van der Waals surface area contributed by atoms with Crippen LogP contribution in [0.5, 0.6) is 0 Å². The summed E-state index contributed by atoms with van der Waals surface area (Å²) in [6.45, 7) is 5.00. The molecule has 1 aromatic heterocycles. The highest BCUT2D eigenvalue weighted by molar-refractivity contribution is 6.31. The summed E-state index contributed by atoms with van der Waals surface area (Å²) in [5.41, 5.74) is 2.20. The third-order valence-electron chi connectivity index (χ3n) is 3.40. The molecule has 2 aromatic rings. The minimum Gasteiger partial charge on any atom is -0.373 e. The quantitative estimate of drug-likeness (QED) is 0.908. The van der Waals surface area contributed by atoms with E-state index in [2.05, 4.69) is 34.0 Å². The molecule has 0 unspecified atom stereocenters. The van der Waals surface area contributed by atoms with E-state index in [0.717, 1.165) is 27.8 Å². The molecule has 0 spiro atoms. The first-order chi connectivity index (χ1) is 10.0. The van der Waals surface area contributed by atoms with Crippen LogP contribution in [0.4, 0.5) is 11.6 Å². The number of rotatable bonds is 5. The van der Waals surface area contributed by atoms with Crippen LogP contribution in [0.25, 0.3) is 0 Å². The Bertz CT molecular complexity index is 613. The topological polar surface area (TPSA) is 41.1 Å². The van der Waals surface area contributed by atoms with Crippen LogP contribution in [0, 0.1) is 0 Å². The van der Waals surface area contributed by atoms with E-state index in [9.17, 15) is 0 Å². The van der Waals surface area contributed by atoms with Gasteiger partial charge in [0.1, 0.15) is 18.0 Å². The highest BCUT2D eigenvalue weighted by atomic mass is 35.5. The SMILES string of the molecule is CNc1ncnc(N(C)Cc2ccccc2Cl)c1C(C)C. The number of halogens is 1. The van der Waals surface area contributed by atoms with Crippen molar-refractivity contribution in [2.45, 2.75) is 26.3 Å². The second kappa shape index (κ2) is 6.76. The lowest BCUT2D eigenvalue weighted by Crippen LogP contribution is -2.21. The van der Waals surface area contributed by atoms with Crippen LogP contribution in [-0.4, -0.2) is 24.1 Å². The molecule has 0 saturated carbocycles. The van der Waals surface area contributed by atoms with Crippen molar-refractivity contribution in [3.05, 3.63) is 46.7 Å². The van der Waals surface area contributed by atoms with Crippen molar-refractivity contribution in [3.8, 4) is 0 Å². The molecule has 5 heteroatoms. The fraction of sp³-hybridized carbons (Fsp3) is 0.375. The first-order valence-electron chi connectivity index (χ1n) is 7.01. The maximum absolute atomic E-state index is 6.24. The van der Waals surface area contributed by atoms with Gasteiger partial charge in [0.2, 0.25) is 0 Å². The predicted molar refractivity (Wildman–Crippen MR) is 89.2 cm³/mol. The standard InChI is InChI=1S/C16H21ClN4/c1-11(2)14-15(18-3)19-10-20-16(14)21(4)9-12-7-5-6-8-13(12)17/h5-8,10-11H,9H2,1-4H3,(H,18,19,20). The van der Waals surface area contributed by atoms with Crippen LogP contribution >= 0.6 is 11.6 Å². The van der Waals surface area contributed by atoms with Crippen molar-refractivity contribution in [3.63, 3.8) is 0 Å². The van der Waals surface area contributed by atoms with Crippen molar-refractivity contribution in [2.24, 2.45) is 0 Å². The van der Waals surface area contributed by atoms with Crippen LogP contribution in [0.1, 0.15) is 30.9 Å². The average Bonchev–Trinajstić information content (AvgIpc) is 2.48. The normalized spacial score (nSPS) is 10.8. The van der Waals surface area contributed by atoms with E-state index in [4.69, 9.17) is 11.6 Å². The zero-order valence-electron chi connectivity index (χ0n) is 12.9. The summed E-state index contributed by atoms with van der Waals surface area (Å²) in [6.07, 6.45) is 1.59. The second-order valence-corrected chi connectivity index (χ2v) is 5.72. The maximum Gasteiger partial charge on any atom is 0.137 e. The van der Waals surface area contributed by atoms with Gasteiger partial charge < -0.3 is 10.2 Å². The van der Waals surface area contributed by atoms with E-state index < -0.39 is 0 Å². The zero-order valence-corrected chi connectivity index (χ0v) is 13.6. The van der Waals surface area contributed by atoms with Gasteiger partial charge in [-0.3, -0.25) is 0 Å². The van der Waals surface area contributed by atoms with Crippen molar-refractivity contribution >= 4 is 23.2 Å². The summed E-state index contributed by atoms with van der Waals surface area (Å²) in [7, 11) is 3.91. The molecule has 2 rings (SSSR count). The number of hydrogen-bond acceptors (Lipinski definition) is 4. The van der Waals surface area contributed by atoms with Crippen LogP contribution in [0.15, 0.2) is 30.6 Å². The molecule has 1 heterocycles. The molecular weight excluding hydrogens is 284 g/mol.